The average molecular weight is 477 g/mol. The molecule has 0 aliphatic heterocycles. The molecule has 0 bridgehead atoms. The zero-order chi connectivity index (χ0) is 24.1. The Morgan fingerprint density at radius 3 is 2.62 bits per heavy atom. The summed E-state index contributed by atoms with van der Waals surface area (Å²) in [7, 11) is 0. The summed E-state index contributed by atoms with van der Waals surface area (Å²) < 4.78 is 1.70. The van der Waals surface area contributed by atoms with E-state index in [1.807, 2.05) is 18.2 Å². The number of fused-ring (bicyclic) bond motifs is 1. The maximum Gasteiger partial charge on any atom is 0.262 e. The number of carbonyl (C=O) groups is 2. The van der Waals surface area contributed by atoms with Crippen LogP contribution < -0.4 is 16.6 Å². The number of carbonyl (C=O) groups excluding carboxylic acids is 2. The van der Waals surface area contributed by atoms with Crippen molar-refractivity contribution in [1.82, 2.24) is 9.55 Å². The van der Waals surface area contributed by atoms with Crippen LogP contribution in [-0.2, 0) is 11.3 Å². The van der Waals surface area contributed by atoms with Crippen molar-refractivity contribution in [3.63, 3.8) is 0 Å². The summed E-state index contributed by atoms with van der Waals surface area (Å²) in [6.07, 6.45) is 7.68. The van der Waals surface area contributed by atoms with E-state index >= 15 is 0 Å². The molecule has 1 aliphatic carbocycles. The highest BCUT2D eigenvalue weighted by Gasteiger charge is 2.20. The first kappa shape index (κ1) is 23.8. The van der Waals surface area contributed by atoms with Gasteiger partial charge in [-0.1, -0.05) is 35.5 Å². The molecular formula is C26H28N4O3S. The Balaban J connectivity index is 1.55. The lowest BCUT2D eigenvalue weighted by molar-refractivity contribution is -0.115. The maximum atomic E-state index is 13.3. The summed E-state index contributed by atoms with van der Waals surface area (Å²) in [4.78, 5) is 42.1. The van der Waals surface area contributed by atoms with Crippen LogP contribution in [0.1, 0.15) is 49.4 Å². The number of amides is 2. The number of nitrogens with two attached hydrogens (primary N) is 1. The third kappa shape index (κ3) is 5.56. The summed E-state index contributed by atoms with van der Waals surface area (Å²) in [5.74, 6) is -0.744. The minimum Gasteiger partial charge on any atom is -0.366 e. The number of hydrogen-bond donors (Lipinski definition) is 2. The molecule has 8 heteroatoms. The van der Waals surface area contributed by atoms with Gasteiger partial charge in [-0.25, -0.2) is 4.98 Å². The van der Waals surface area contributed by atoms with E-state index in [-0.39, 0.29) is 11.5 Å². The van der Waals surface area contributed by atoms with Crippen LogP contribution in [0.4, 0.5) is 5.69 Å². The third-order valence-corrected chi connectivity index (χ3v) is 7.05. The Labute approximate surface area is 202 Å². The number of allylic oxidation sites excluding steroid dienone is 2. The highest BCUT2D eigenvalue weighted by atomic mass is 32.2. The number of aromatic nitrogens is 2. The number of primary amides is 1. The SMILES string of the molecule is C[C@@H](Sc1nc2ccccc2c(=O)n1CCC1=CCCCC1)C(=O)Nc1ccc(C(N)=O)cc1. The van der Waals surface area contributed by atoms with E-state index < -0.39 is 11.2 Å². The summed E-state index contributed by atoms with van der Waals surface area (Å²) >= 11 is 1.27. The second kappa shape index (κ2) is 10.7. The first-order valence-electron chi connectivity index (χ1n) is 11.5. The zero-order valence-electron chi connectivity index (χ0n) is 19.1. The van der Waals surface area contributed by atoms with Crippen molar-refractivity contribution in [2.75, 3.05) is 5.32 Å². The summed E-state index contributed by atoms with van der Waals surface area (Å²) in [5, 5.41) is 3.46. The third-order valence-electron chi connectivity index (χ3n) is 5.96. The van der Waals surface area contributed by atoms with Crippen molar-refractivity contribution in [2.24, 2.45) is 5.73 Å². The topological polar surface area (TPSA) is 107 Å². The van der Waals surface area contributed by atoms with Gasteiger partial charge in [0.15, 0.2) is 5.16 Å². The van der Waals surface area contributed by atoms with Crippen molar-refractivity contribution in [3.8, 4) is 0 Å². The molecule has 0 saturated carbocycles. The smallest absolute Gasteiger partial charge is 0.262 e. The van der Waals surface area contributed by atoms with E-state index in [4.69, 9.17) is 10.7 Å². The van der Waals surface area contributed by atoms with E-state index in [1.54, 1.807) is 41.8 Å². The molecule has 3 aromatic rings. The minimum absolute atomic E-state index is 0.0841. The molecule has 2 amide bonds. The Hall–Kier alpha value is -3.39. The van der Waals surface area contributed by atoms with Crippen LogP contribution in [0.5, 0.6) is 0 Å². The van der Waals surface area contributed by atoms with E-state index in [9.17, 15) is 14.4 Å². The number of benzene rings is 2. The highest BCUT2D eigenvalue weighted by Crippen LogP contribution is 2.26. The van der Waals surface area contributed by atoms with Gasteiger partial charge < -0.3 is 11.1 Å². The molecule has 0 radical (unpaired) electrons. The Morgan fingerprint density at radius 1 is 1.15 bits per heavy atom. The van der Waals surface area contributed by atoms with Crippen LogP contribution in [0, 0.1) is 0 Å². The van der Waals surface area contributed by atoms with Crippen LogP contribution in [0.25, 0.3) is 10.9 Å². The number of rotatable bonds is 8. The van der Waals surface area contributed by atoms with Gasteiger partial charge in [0.2, 0.25) is 11.8 Å². The van der Waals surface area contributed by atoms with E-state index in [0.717, 1.165) is 19.3 Å². The Bertz CT molecular complexity index is 1300. The normalized spacial score (nSPS) is 14.4. The average Bonchev–Trinajstić information content (AvgIpc) is 2.84. The minimum atomic E-state index is -0.522. The van der Waals surface area contributed by atoms with Gasteiger partial charge in [-0.2, -0.15) is 0 Å². The quantitative estimate of drug-likeness (QED) is 0.283. The second-order valence-corrected chi connectivity index (χ2v) is 9.73. The lowest BCUT2D eigenvalue weighted by atomic mass is 9.97. The van der Waals surface area contributed by atoms with E-state index in [1.165, 1.54) is 30.2 Å². The van der Waals surface area contributed by atoms with Crippen LogP contribution in [0.2, 0.25) is 0 Å². The van der Waals surface area contributed by atoms with Crippen molar-refractivity contribution in [1.29, 1.82) is 0 Å². The molecule has 1 aliphatic rings. The molecule has 0 fully saturated rings. The first-order chi connectivity index (χ1) is 16.4. The fraction of sp³-hybridized carbons (Fsp3) is 0.308. The molecule has 176 valence electrons. The van der Waals surface area contributed by atoms with Crippen molar-refractivity contribution in [2.45, 2.75) is 56.0 Å². The van der Waals surface area contributed by atoms with Gasteiger partial charge in [-0.05, 0) is 75.4 Å². The molecule has 1 heterocycles. The number of hydrogen-bond acceptors (Lipinski definition) is 5. The van der Waals surface area contributed by atoms with Gasteiger partial charge in [0, 0.05) is 17.8 Å². The molecule has 34 heavy (non-hydrogen) atoms. The molecule has 3 N–H and O–H groups in total. The second-order valence-electron chi connectivity index (χ2n) is 8.42. The van der Waals surface area contributed by atoms with Gasteiger partial charge in [0.05, 0.1) is 16.2 Å². The van der Waals surface area contributed by atoms with E-state index in [0.29, 0.717) is 33.9 Å². The predicted octanol–water partition coefficient (Wildman–Crippen LogP) is 4.51. The number of para-hydroxylation sites is 1. The van der Waals surface area contributed by atoms with Crippen molar-refractivity contribution < 1.29 is 9.59 Å². The van der Waals surface area contributed by atoms with Crippen LogP contribution in [0.3, 0.4) is 0 Å². The van der Waals surface area contributed by atoms with Gasteiger partial charge in [0.1, 0.15) is 0 Å². The van der Waals surface area contributed by atoms with Crippen molar-refractivity contribution >= 4 is 40.2 Å². The first-order valence-corrected chi connectivity index (χ1v) is 12.3. The number of nitrogens with zero attached hydrogens (tertiary/aromatic N) is 2. The standard InChI is InChI=1S/C26H28N4O3S/c1-17(24(32)28-20-13-11-19(12-14-20)23(27)31)34-26-29-22-10-6-5-9-21(22)25(33)30(26)16-15-18-7-3-2-4-8-18/h5-7,9-14,17H,2-4,8,15-16H2,1H3,(H2,27,31)(H,28,32)/t17-/m1/s1. The number of anilines is 1. The molecule has 0 spiro atoms. The molecule has 0 saturated heterocycles. The van der Waals surface area contributed by atoms with Crippen LogP contribution in [-0.4, -0.2) is 26.6 Å². The fourth-order valence-electron chi connectivity index (χ4n) is 4.00. The zero-order valence-corrected chi connectivity index (χ0v) is 19.9. The van der Waals surface area contributed by atoms with Gasteiger partial charge in [0.25, 0.3) is 5.56 Å². The van der Waals surface area contributed by atoms with Gasteiger partial charge in [-0.3, -0.25) is 19.0 Å². The Kier molecular flexibility index (Phi) is 7.47. The summed E-state index contributed by atoms with van der Waals surface area (Å²) in [6.45, 7) is 2.32. The van der Waals surface area contributed by atoms with Gasteiger partial charge in [-0.15, -0.1) is 0 Å². The summed E-state index contributed by atoms with van der Waals surface area (Å²) in [5.41, 5.74) is 8.13. The molecular weight excluding hydrogens is 448 g/mol. The number of thioether (sulfide) groups is 1. The Morgan fingerprint density at radius 2 is 1.91 bits per heavy atom. The van der Waals surface area contributed by atoms with Crippen LogP contribution in [0.15, 0.2) is 70.1 Å². The lowest BCUT2D eigenvalue weighted by Crippen LogP contribution is -2.27. The molecule has 0 unspecified atom stereocenters. The van der Waals surface area contributed by atoms with Gasteiger partial charge >= 0.3 is 0 Å². The lowest BCUT2D eigenvalue weighted by Gasteiger charge is -2.18. The fourth-order valence-corrected chi connectivity index (χ4v) is 4.93. The van der Waals surface area contributed by atoms with Crippen LogP contribution >= 0.6 is 11.8 Å². The molecule has 7 nitrogen and oxygen atoms in total. The number of nitrogens with one attached hydrogen (secondary N) is 1. The molecule has 4 rings (SSSR count). The molecule has 1 atom stereocenters. The molecule has 2 aromatic carbocycles. The monoisotopic (exact) mass is 476 g/mol. The van der Waals surface area contributed by atoms with Crippen molar-refractivity contribution in [3.05, 3.63) is 76.1 Å². The highest BCUT2D eigenvalue weighted by molar-refractivity contribution is 8.00. The molecule has 1 aromatic heterocycles. The predicted molar refractivity (Wildman–Crippen MR) is 136 cm³/mol. The maximum absolute atomic E-state index is 13.3. The largest absolute Gasteiger partial charge is 0.366 e. The van der Waals surface area contributed by atoms with E-state index in [2.05, 4.69) is 11.4 Å². The summed E-state index contributed by atoms with van der Waals surface area (Å²) in [6, 6.07) is 13.7.